The SMILES string of the molecule is C=C(C)CCC(=C)/C(C)=C/CCC[C@@H](C)N. The Morgan fingerprint density at radius 2 is 1.88 bits per heavy atom. The molecule has 0 saturated heterocycles. The number of hydrogen-bond donors (Lipinski definition) is 1. The van der Waals surface area contributed by atoms with Crippen molar-refractivity contribution < 1.29 is 0 Å². The van der Waals surface area contributed by atoms with E-state index in [4.69, 9.17) is 5.73 Å². The molecule has 0 aliphatic rings. The van der Waals surface area contributed by atoms with Gasteiger partial charge in [-0.25, -0.2) is 0 Å². The van der Waals surface area contributed by atoms with Gasteiger partial charge in [-0.2, -0.15) is 0 Å². The molecule has 1 nitrogen and oxygen atoms in total. The minimum Gasteiger partial charge on any atom is -0.328 e. The van der Waals surface area contributed by atoms with Crippen LogP contribution < -0.4 is 5.73 Å². The lowest BCUT2D eigenvalue weighted by Crippen LogP contribution is -2.13. The van der Waals surface area contributed by atoms with E-state index in [1.165, 1.54) is 23.1 Å². The monoisotopic (exact) mass is 221 g/mol. The Morgan fingerprint density at radius 1 is 1.25 bits per heavy atom. The summed E-state index contributed by atoms with van der Waals surface area (Å²) in [7, 11) is 0. The second-order valence-corrected chi connectivity index (χ2v) is 4.86. The van der Waals surface area contributed by atoms with Gasteiger partial charge in [0.2, 0.25) is 0 Å². The zero-order valence-electron chi connectivity index (χ0n) is 11.2. The average molecular weight is 221 g/mol. The second-order valence-electron chi connectivity index (χ2n) is 4.86. The van der Waals surface area contributed by atoms with E-state index >= 15 is 0 Å². The Labute approximate surface area is 101 Å². The van der Waals surface area contributed by atoms with Gasteiger partial charge in [-0.05, 0) is 52.9 Å². The molecule has 0 unspecified atom stereocenters. The summed E-state index contributed by atoms with van der Waals surface area (Å²) in [5, 5.41) is 0. The van der Waals surface area contributed by atoms with E-state index in [-0.39, 0.29) is 0 Å². The first kappa shape index (κ1) is 15.2. The van der Waals surface area contributed by atoms with Gasteiger partial charge in [0.15, 0.2) is 0 Å². The van der Waals surface area contributed by atoms with Gasteiger partial charge in [0.25, 0.3) is 0 Å². The van der Waals surface area contributed by atoms with Crippen LogP contribution in [0.5, 0.6) is 0 Å². The number of rotatable bonds is 8. The van der Waals surface area contributed by atoms with Crippen LogP contribution in [0.1, 0.15) is 52.9 Å². The van der Waals surface area contributed by atoms with Gasteiger partial charge >= 0.3 is 0 Å². The molecular weight excluding hydrogens is 194 g/mol. The highest BCUT2D eigenvalue weighted by molar-refractivity contribution is 5.26. The first-order chi connectivity index (χ1) is 7.43. The molecule has 0 radical (unpaired) electrons. The predicted octanol–water partition coefficient (Wildman–Crippen LogP) is 4.36. The highest BCUT2D eigenvalue weighted by Crippen LogP contribution is 2.17. The molecule has 0 fully saturated rings. The third-order valence-corrected chi connectivity index (χ3v) is 2.73. The van der Waals surface area contributed by atoms with Crippen molar-refractivity contribution >= 4 is 0 Å². The number of allylic oxidation sites excluding steroid dienone is 4. The zero-order chi connectivity index (χ0) is 12.6. The lowest BCUT2D eigenvalue weighted by molar-refractivity contribution is 0.629. The average Bonchev–Trinajstić information content (AvgIpc) is 2.20. The summed E-state index contributed by atoms with van der Waals surface area (Å²) in [6.07, 6.45) is 7.74. The fourth-order valence-corrected chi connectivity index (χ4v) is 1.46. The summed E-state index contributed by atoms with van der Waals surface area (Å²) in [6, 6.07) is 0.320. The van der Waals surface area contributed by atoms with Crippen molar-refractivity contribution in [3.63, 3.8) is 0 Å². The highest BCUT2D eigenvalue weighted by atomic mass is 14.6. The van der Waals surface area contributed by atoms with Crippen molar-refractivity contribution in [2.45, 2.75) is 58.9 Å². The van der Waals surface area contributed by atoms with E-state index in [0.29, 0.717) is 6.04 Å². The quantitative estimate of drug-likeness (QED) is 0.368. The van der Waals surface area contributed by atoms with Crippen LogP contribution >= 0.6 is 0 Å². The molecule has 0 aromatic rings. The molecule has 0 aromatic carbocycles. The molecule has 0 amide bonds. The molecule has 92 valence electrons. The van der Waals surface area contributed by atoms with Crippen LogP contribution in [0.2, 0.25) is 0 Å². The molecule has 0 saturated carbocycles. The fraction of sp³-hybridized carbons (Fsp3) is 0.600. The van der Waals surface area contributed by atoms with Crippen LogP contribution in [0.25, 0.3) is 0 Å². The van der Waals surface area contributed by atoms with Crippen molar-refractivity contribution in [2.75, 3.05) is 0 Å². The number of unbranched alkanes of at least 4 members (excludes halogenated alkanes) is 1. The lowest BCUT2D eigenvalue weighted by Gasteiger charge is -2.07. The Balaban J connectivity index is 3.83. The van der Waals surface area contributed by atoms with Gasteiger partial charge in [-0.3, -0.25) is 0 Å². The van der Waals surface area contributed by atoms with Gasteiger partial charge in [0, 0.05) is 6.04 Å². The molecule has 0 bridgehead atoms. The van der Waals surface area contributed by atoms with E-state index < -0.39 is 0 Å². The molecule has 1 heteroatoms. The van der Waals surface area contributed by atoms with Crippen LogP contribution in [-0.4, -0.2) is 6.04 Å². The number of nitrogens with two attached hydrogens (primary N) is 1. The van der Waals surface area contributed by atoms with Crippen LogP contribution in [-0.2, 0) is 0 Å². The fourth-order valence-electron chi connectivity index (χ4n) is 1.46. The van der Waals surface area contributed by atoms with Gasteiger partial charge < -0.3 is 5.73 Å². The van der Waals surface area contributed by atoms with Crippen molar-refractivity contribution in [1.29, 1.82) is 0 Å². The van der Waals surface area contributed by atoms with Crippen LogP contribution in [0.3, 0.4) is 0 Å². The molecule has 2 N–H and O–H groups in total. The minimum absolute atomic E-state index is 0.320. The van der Waals surface area contributed by atoms with Crippen molar-refractivity contribution in [3.8, 4) is 0 Å². The van der Waals surface area contributed by atoms with Crippen molar-refractivity contribution in [1.82, 2.24) is 0 Å². The van der Waals surface area contributed by atoms with E-state index in [9.17, 15) is 0 Å². The smallest absolute Gasteiger partial charge is 0.00105 e. The summed E-state index contributed by atoms with van der Waals surface area (Å²) in [6.45, 7) is 14.3. The topological polar surface area (TPSA) is 26.0 Å². The molecule has 0 aromatic heterocycles. The Morgan fingerprint density at radius 3 is 2.38 bits per heavy atom. The van der Waals surface area contributed by atoms with E-state index in [0.717, 1.165) is 25.7 Å². The normalized spacial score (nSPS) is 13.6. The molecule has 0 heterocycles. The maximum absolute atomic E-state index is 5.70. The van der Waals surface area contributed by atoms with Crippen LogP contribution in [0.15, 0.2) is 36.0 Å². The third-order valence-electron chi connectivity index (χ3n) is 2.73. The second kappa shape index (κ2) is 8.35. The zero-order valence-corrected chi connectivity index (χ0v) is 11.2. The molecule has 0 aliphatic carbocycles. The first-order valence-electron chi connectivity index (χ1n) is 6.18. The minimum atomic E-state index is 0.320. The summed E-state index contributed by atoms with van der Waals surface area (Å²) < 4.78 is 0. The Hall–Kier alpha value is -0.820. The summed E-state index contributed by atoms with van der Waals surface area (Å²) in [4.78, 5) is 0. The molecule has 0 rings (SSSR count). The molecule has 16 heavy (non-hydrogen) atoms. The first-order valence-corrected chi connectivity index (χ1v) is 6.18. The van der Waals surface area contributed by atoms with Gasteiger partial charge in [-0.15, -0.1) is 6.58 Å². The maximum Gasteiger partial charge on any atom is 0.00105 e. The summed E-state index contributed by atoms with van der Waals surface area (Å²) >= 11 is 0. The highest BCUT2D eigenvalue weighted by Gasteiger charge is 1.98. The summed E-state index contributed by atoms with van der Waals surface area (Å²) in [5.74, 6) is 0. The van der Waals surface area contributed by atoms with Gasteiger partial charge in [0.05, 0.1) is 0 Å². The van der Waals surface area contributed by atoms with Crippen molar-refractivity contribution in [3.05, 3.63) is 36.0 Å². The Bertz CT molecular complexity index is 259. The predicted molar refractivity (Wildman–Crippen MR) is 74.4 cm³/mol. The van der Waals surface area contributed by atoms with Crippen LogP contribution in [0.4, 0.5) is 0 Å². The Kier molecular flexibility index (Phi) is 7.92. The lowest BCUT2D eigenvalue weighted by atomic mass is 10.0. The van der Waals surface area contributed by atoms with Crippen molar-refractivity contribution in [2.24, 2.45) is 5.73 Å². The molecule has 0 aliphatic heterocycles. The molecule has 1 atom stereocenters. The van der Waals surface area contributed by atoms with E-state index in [2.05, 4.69) is 40.0 Å². The number of hydrogen-bond acceptors (Lipinski definition) is 1. The van der Waals surface area contributed by atoms with Gasteiger partial charge in [0.1, 0.15) is 0 Å². The third kappa shape index (κ3) is 8.49. The summed E-state index contributed by atoms with van der Waals surface area (Å²) in [5.41, 5.74) is 9.49. The van der Waals surface area contributed by atoms with Crippen LogP contribution in [0, 0.1) is 0 Å². The van der Waals surface area contributed by atoms with E-state index in [1.807, 2.05) is 0 Å². The van der Waals surface area contributed by atoms with E-state index in [1.54, 1.807) is 0 Å². The standard InChI is InChI=1S/C15H27N/c1-12(2)10-11-14(4)13(3)8-6-7-9-15(5)16/h8,15H,1,4,6-7,9-11,16H2,2-3,5H3/b13-8+/t15-/m1/s1. The largest absolute Gasteiger partial charge is 0.328 e. The molecular formula is C15H27N. The molecule has 0 spiro atoms. The van der Waals surface area contributed by atoms with Gasteiger partial charge in [-0.1, -0.05) is 29.4 Å². The maximum atomic E-state index is 5.70.